The molecule has 3 saturated heterocycles. The predicted molar refractivity (Wildman–Crippen MR) is 219 cm³/mol. The molecule has 4 aliphatic rings. The maximum absolute atomic E-state index is 15.0. The number of ketones is 1. The Labute approximate surface area is 323 Å². The molecule has 0 radical (unpaired) electrons. The second kappa shape index (κ2) is 17.1. The maximum Gasteiger partial charge on any atom is 0.237 e. The molecule has 1 aromatic carbocycles. The van der Waals surface area contributed by atoms with Gasteiger partial charge in [-0.1, -0.05) is 19.6 Å². The Bertz CT molecular complexity index is 1960. The minimum absolute atomic E-state index is 0.167. The average Bonchev–Trinajstić information content (AvgIpc) is 3.21. The number of hydrogen-bond donors (Lipinski definition) is 2. The Morgan fingerprint density at radius 2 is 1.82 bits per heavy atom. The maximum atomic E-state index is 15.0. The Morgan fingerprint density at radius 1 is 1.02 bits per heavy atom. The highest BCUT2D eigenvalue weighted by molar-refractivity contribution is 6.03. The SMILES string of the molecule is C=C(/C=C1/CN(c2cnc3c(c2C)NCCO3)CC/C1=C/C)Nc1ccc(N2CCC(CN3CCN(c4cc(C=O)c(C(=O)CC)cc4F)CC3)CC2)nc1. The third kappa shape index (κ3) is 8.54. The van der Waals surface area contributed by atoms with Gasteiger partial charge in [-0.25, -0.2) is 14.4 Å². The molecule has 0 unspecified atom stereocenters. The number of carbonyl (C=O) groups is 2. The number of fused-ring (bicyclic) bond motifs is 1. The van der Waals surface area contributed by atoms with E-state index in [1.165, 1.54) is 23.3 Å². The third-order valence-corrected chi connectivity index (χ3v) is 11.5. The number of aldehydes is 1. The zero-order valence-electron chi connectivity index (χ0n) is 32.4. The van der Waals surface area contributed by atoms with Crippen LogP contribution in [0.3, 0.4) is 0 Å². The Morgan fingerprint density at radius 3 is 2.53 bits per heavy atom. The number of halogens is 1. The van der Waals surface area contributed by atoms with E-state index in [4.69, 9.17) is 9.72 Å². The number of rotatable bonds is 11. The van der Waals surface area contributed by atoms with Crippen molar-refractivity contribution in [1.82, 2.24) is 14.9 Å². The van der Waals surface area contributed by atoms with Crippen LogP contribution in [0.1, 0.15) is 65.8 Å². The number of benzene rings is 1. The standard InChI is InChI=1S/C43H53FN8O3/c1-5-32-11-15-52(39-25-47-43-42(30(39)4)45-12-20-55-43)27-33(32)21-29(3)48-35-7-8-41(46-24-35)51-13-9-31(10-14-51)26-49-16-18-50(19-17-49)38-22-34(28-53)36(23-37(38)44)40(54)6-2/h5,7-8,21-25,28,31,45,48H,3,6,9-20,26-27H2,1-2,4H3/b32-5-,33-21-. The summed E-state index contributed by atoms with van der Waals surface area (Å²) in [6, 6.07) is 6.94. The lowest BCUT2D eigenvalue weighted by atomic mass is 9.95. The zero-order chi connectivity index (χ0) is 38.5. The summed E-state index contributed by atoms with van der Waals surface area (Å²) in [5, 5.41) is 6.92. The van der Waals surface area contributed by atoms with E-state index in [0.717, 1.165) is 106 Å². The molecular formula is C43H53FN8O3. The quantitative estimate of drug-likeness (QED) is 0.158. The first-order valence-corrected chi connectivity index (χ1v) is 19.7. The summed E-state index contributed by atoms with van der Waals surface area (Å²) in [6.45, 7) is 19.3. The third-order valence-electron chi connectivity index (χ3n) is 11.5. The van der Waals surface area contributed by atoms with E-state index in [1.54, 1.807) is 6.92 Å². The summed E-state index contributed by atoms with van der Waals surface area (Å²) in [5.41, 5.74) is 8.40. The fraction of sp³-hybridized carbons (Fsp3) is 0.442. The molecule has 0 amide bonds. The minimum Gasteiger partial charge on any atom is -0.474 e. The number of allylic oxidation sites excluding steroid dienone is 2. The highest BCUT2D eigenvalue weighted by Crippen LogP contribution is 2.37. The van der Waals surface area contributed by atoms with Gasteiger partial charge in [-0.3, -0.25) is 14.5 Å². The van der Waals surface area contributed by atoms with Gasteiger partial charge in [0.25, 0.3) is 0 Å². The number of nitrogens with one attached hydrogen (secondary N) is 2. The molecule has 2 aromatic heterocycles. The molecule has 0 saturated carbocycles. The molecule has 2 N–H and O–H groups in total. The van der Waals surface area contributed by atoms with Crippen LogP contribution in [0.4, 0.5) is 33.0 Å². The Kier molecular flexibility index (Phi) is 11.8. The van der Waals surface area contributed by atoms with Gasteiger partial charge in [-0.2, -0.15) is 0 Å². The van der Waals surface area contributed by atoms with Crippen molar-refractivity contribution < 1.29 is 18.7 Å². The second-order valence-electron chi connectivity index (χ2n) is 14.9. The van der Waals surface area contributed by atoms with E-state index >= 15 is 4.39 Å². The summed E-state index contributed by atoms with van der Waals surface area (Å²) in [4.78, 5) is 42.5. The van der Waals surface area contributed by atoms with Gasteiger partial charge in [0.1, 0.15) is 23.9 Å². The van der Waals surface area contributed by atoms with Crippen LogP contribution < -0.4 is 30.1 Å². The number of nitrogens with zero attached hydrogens (tertiary/aromatic N) is 6. The van der Waals surface area contributed by atoms with Crippen LogP contribution in [-0.4, -0.2) is 99.0 Å². The number of hydrogen-bond acceptors (Lipinski definition) is 11. The monoisotopic (exact) mass is 748 g/mol. The Hall–Kier alpha value is -5.23. The number of aromatic nitrogens is 2. The topological polar surface area (TPSA) is 106 Å². The molecule has 11 nitrogen and oxygen atoms in total. The van der Waals surface area contributed by atoms with Crippen molar-refractivity contribution >= 4 is 40.6 Å². The molecule has 0 bridgehead atoms. The highest BCUT2D eigenvalue weighted by Gasteiger charge is 2.27. The van der Waals surface area contributed by atoms with Gasteiger partial charge in [0.2, 0.25) is 5.88 Å². The number of carbonyl (C=O) groups excluding carboxylic acids is 2. The number of piperazine rings is 1. The lowest BCUT2D eigenvalue weighted by molar-refractivity contribution is 0.0981. The number of anilines is 5. The van der Waals surface area contributed by atoms with Gasteiger partial charge in [-0.15, -0.1) is 0 Å². The van der Waals surface area contributed by atoms with E-state index in [9.17, 15) is 9.59 Å². The first-order chi connectivity index (χ1) is 26.7. The van der Waals surface area contributed by atoms with Gasteiger partial charge in [0.05, 0.1) is 29.5 Å². The van der Waals surface area contributed by atoms with Crippen molar-refractivity contribution in [2.75, 3.05) is 97.4 Å². The molecule has 6 heterocycles. The molecule has 290 valence electrons. The molecule has 12 heteroatoms. The van der Waals surface area contributed by atoms with Gasteiger partial charge >= 0.3 is 0 Å². The van der Waals surface area contributed by atoms with Crippen molar-refractivity contribution in [2.24, 2.45) is 5.92 Å². The van der Waals surface area contributed by atoms with E-state index in [-0.39, 0.29) is 23.3 Å². The molecular weight excluding hydrogens is 696 g/mol. The van der Waals surface area contributed by atoms with Crippen molar-refractivity contribution in [3.63, 3.8) is 0 Å². The van der Waals surface area contributed by atoms with Gasteiger partial charge in [0.15, 0.2) is 12.1 Å². The Balaban J connectivity index is 0.883. The highest BCUT2D eigenvalue weighted by atomic mass is 19.1. The summed E-state index contributed by atoms with van der Waals surface area (Å²) < 4.78 is 20.8. The van der Waals surface area contributed by atoms with Crippen molar-refractivity contribution in [2.45, 2.75) is 46.5 Å². The van der Waals surface area contributed by atoms with Crippen LogP contribution in [0.15, 0.2) is 72.2 Å². The van der Waals surface area contributed by atoms with Crippen molar-refractivity contribution in [3.05, 3.63) is 94.7 Å². The largest absolute Gasteiger partial charge is 0.474 e. The second-order valence-corrected chi connectivity index (χ2v) is 14.9. The van der Waals surface area contributed by atoms with Gasteiger partial charge < -0.3 is 30.1 Å². The lowest BCUT2D eigenvalue weighted by Gasteiger charge is -2.40. The average molecular weight is 749 g/mol. The predicted octanol–water partition coefficient (Wildman–Crippen LogP) is 6.88. The molecule has 0 spiro atoms. The molecule has 55 heavy (non-hydrogen) atoms. The van der Waals surface area contributed by atoms with E-state index in [0.29, 0.717) is 43.5 Å². The fourth-order valence-corrected chi connectivity index (χ4v) is 8.32. The summed E-state index contributed by atoms with van der Waals surface area (Å²) in [7, 11) is 0. The molecule has 0 aliphatic carbocycles. The summed E-state index contributed by atoms with van der Waals surface area (Å²) in [5.74, 6) is 1.59. The number of piperidine rings is 2. The van der Waals surface area contributed by atoms with Gasteiger partial charge in [-0.05, 0) is 80.5 Å². The molecule has 0 atom stereocenters. The number of Topliss-reactive ketones (excluding diaryl/α,β-unsaturated/α-hetero) is 1. The fourth-order valence-electron chi connectivity index (χ4n) is 8.32. The summed E-state index contributed by atoms with van der Waals surface area (Å²) >= 11 is 0. The van der Waals surface area contributed by atoms with Crippen LogP contribution in [0.5, 0.6) is 5.88 Å². The molecule has 3 aromatic rings. The first kappa shape index (κ1) is 38.1. The van der Waals surface area contributed by atoms with Crippen LogP contribution in [-0.2, 0) is 0 Å². The smallest absolute Gasteiger partial charge is 0.237 e. The first-order valence-electron chi connectivity index (χ1n) is 19.7. The van der Waals surface area contributed by atoms with Crippen LogP contribution in [0.25, 0.3) is 0 Å². The van der Waals surface area contributed by atoms with E-state index < -0.39 is 5.82 Å². The summed E-state index contributed by atoms with van der Waals surface area (Å²) in [6.07, 6.45) is 12.2. The lowest BCUT2D eigenvalue weighted by Crippen LogP contribution is -2.49. The van der Waals surface area contributed by atoms with Crippen molar-refractivity contribution in [3.8, 4) is 5.88 Å². The van der Waals surface area contributed by atoms with E-state index in [2.05, 4.69) is 75.0 Å². The van der Waals surface area contributed by atoms with Crippen molar-refractivity contribution in [1.29, 1.82) is 0 Å². The van der Waals surface area contributed by atoms with Crippen LogP contribution in [0.2, 0.25) is 0 Å². The van der Waals surface area contributed by atoms with Crippen LogP contribution >= 0.6 is 0 Å². The number of ether oxygens (including phenoxy) is 1. The van der Waals surface area contributed by atoms with E-state index in [1.807, 2.05) is 17.3 Å². The van der Waals surface area contributed by atoms with Gasteiger partial charge in [0, 0.05) is 94.3 Å². The normalized spacial score (nSPS) is 19.5. The molecule has 4 aliphatic heterocycles. The van der Waals surface area contributed by atoms with Crippen LogP contribution in [0, 0.1) is 18.7 Å². The minimum atomic E-state index is -0.443. The molecule has 3 fully saturated rings. The zero-order valence-corrected chi connectivity index (χ0v) is 32.4. The molecule has 7 rings (SSSR count). The number of pyridine rings is 2.